The van der Waals surface area contributed by atoms with Gasteiger partial charge < -0.3 is 11.5 Å². The van der Waals surface area contributed by atoms with Crippen LogP contribution < -0.4 is 11.5 Å². The van der Waals surface area contributed by atoms with Gasteiger partial charge in [0.25, 0.3) is 0 Å². The Balaban J connectivity index is 2.43. The van der Waals surface area contributed by atoms with Crippen LogP contribution in [0.5, 0.6) is 0 Å². The molecule has 114 valence electrons. The summed E-state index contributed by atoms with van der Waals surface area (Å²) in [5.74, 6) is 0.554. The maximum Gasteiger partial charge on any atom is 0.157 e. The molecule has 22 heavy (non-hydrogen) atoms. The van der Waals surface area contributed by atoms with Gasteiger partial charge in [0.1, 0.15) is 10.5 Å². The third-order valence-electron chi connectivity index (χ3n) is 3.89. The standard InChI is InChI=1S/C16H19N5S/c1-8-4-9(2)14(10(3)5-8)15-11(7-17)16(18)21-12(19-15)6-13(22)20-21/h4-6H,7,17-18H2,1-3H3,(H,20,22). The Hall–Kier alpha value is -2.18. The first-order chi connectivity index (χ1) is 10.4. The number of aromatic nitrogens is 3. The monoisotopic (exact) mass is 313 g/mol. The van der Waals surface area contributed by atoms with Crippen LogP contribution in [-0.4, -0.2) is 14.6 Å². The van der Waals surface area contributed by atoms with Crippen LogP contribution in [0.3, 0.4) is 0 Å². The van der Waals surface area contributed by atoms with Crippen molar-refractivity contribution in [3.05, 3.63) is 45.1 Å². The molecule has 1 aromatic carbocycles. The zero-order valence-corrected chi connectivity index (χ0v) is 13.7. The van der Waals surface area contributed by atoms with Gasteiger partial charge in [-0.05, 0) is 31.9 Å². The third-order valence-corrected chi connectivity index (χ3v) is 4.10. The second-order valence-electron chi connectivity index (χ2n) is 5.62. The smallest absolute Gasteiger partial charge is 0.157 e. The van der Waals surface area contributed by atoms with Crippen LogP contribution in [0.4, 0.5) is 5.82 Å². The number of H-pyrrole nitrogens is 1. The molecule has 0 saturated heterocycles. The number of hydrogen-bond acceptors (Lipinski definition) is 4. The second kappa shape index (κ2) is 5.23. The molecule has 0 spiro atoms. The first kappa shape index (κ1) is 14.7. The molecule has 5 N–H and O–H groups in total. The van der Waals surface area contributed by atoms with Gasteiger partial charge in [-0.1, -0.05) is 29.9 Å². The minimum atomic E-state index is 0.315. The van der Waals surface area contributed by atoms with E-state index in [1.54, 1.807) is 10.6 Å². The minimum Gasteiger partial charge on any atom is -0.383 e. The SMILES string of the molecule is Cc1cc(C)c(-c2nc3cc(=S)[nH]n3c(N)c2CN)c(C)c1. The van der Waals surface area contributed by atoms with Crippen LogP contribution in [0.25, 0.3) is 16.9 Å². The number of anilines is 1. The highest BCUT2D eigenvalue weighted by molar-refractivity contribution is 7.71. The summed E-state index contributed by atoms with van der Waals surface area (Å²) in [6.45, 7) is 6.57. The van der Waals surface area contributed by atoms with Crippen LogP contribution in [0, 0.1) is 25.4 Å². The fourth-order valence-electron chi connectivity index (χ4n) is 3.05. The van der Waals surface area contributed by atoms with Gasteiger partial charge in [-0.3, -0.25) is 5.10 Å². The lowest BCUT2D eigenvalue weighted by Crippen LogP contribution is -2.12. The Morgan fingerprint density at radius 1 is 1.18 bits per heavy atom. The molecule has 0 unspecified atom stereocenters. The van der Waals surface area contributed by atoms with Gasteiger partial charge in [0, 0.05) is 23.7 Å². The van der Waals surface area contributed by atoms with Crippen molar-refractivity contribution in [1.82, 2.24) is 14.6 Å². The molecule has 0 radical (unpaired) electrons. The average molecular weight is 313 g/mol. The molecule has 0 bridgehead atoms. The Morgan fingerprint density at radius 3 is 2.41 bits per heavy atom. The molecule has 0 aliphatic carbocycles. The number of nitrogen functional groups attached to an aromatic ring is 1. The van der Waals surface area contributed by atoms with E-state index in [4.69, 9.17) is 28.7 Å². The summed E-state index contributed by atoms with van der Waals surface area (Å²) in [7, 11) is 0. The van der Waals surface area contributed by atoms with Crippen molar-refractivity contribution in [3.8, 4) is 11.3 Å². The lowest BCUT2D eigenvalue weighted by molar-refractivity contribution is 0.914. The molecule has 0 atom stereocenters. The summed E-state index contributed by atoms with van der Waals surface area (Å²) >= 11 is 5.18. The quantitative estimate of drug-likeness (QED) is 0.635. The summed E-state index contributed by atoms with van der Waals surface area (Å²) < 4.78 is 2.28. The van der Waals surface area contributed by atoms with Crippen molar-refractivity contribution >= 4 is 23.7 Å². The molecule has 3 rings (SSSR count). The summed E-state index contributed by atoms with van der Waals surface area (Å²) in [5.41, 5.74) is 19.2. The highest BCUT2D eigenvalue weighted by atomic mass is 32.1. The molecule has 0 aliphatic rings. The van der Waals surface area contributed by atoms with E-state index in [9.17, 15) is 0 Å². The highest BCUT2D eigenvalue weighted by Gasteiger charge is 2.17. The Kier molecular flexibility index (Phi) is 3.50. The van der Waals surface area contributed by atoms with E-state index in [-0.39, 0.29) is 0 Å². The predicted molar refractivity (Wildman–Crippen MR) is 92.3 cm³/mol. The van der Waals surface area contributed by atoms with Crippen LogP contribution in [0.2, 0.25) is 0 Å². The van der Waals surface area contributed by atoms with E-state index in [0.29, 0.717) is 22.7 Å². The number of fused-ring (bicyclic) bond motifs is 1. The molecular weight excluding hydrogens is 294 g/mol. The fraction of sp³-hybridized carbons (Fsp3) is 0.250. The normalized spacial score (nSPS) is 11.3. The molecular formula is C16H19N5S. The largest absolute Gasteiger partial charge is 0.383 e. The van der Waals surface area contributed by atoms with Crippen molar-refractivity contribution in [3.63, 3.8) is 0 Å². The van der Waals surface area contributed by atoms with Crippen LogP contribution in [-0.2, 0) is 6.54 Å². The molecule has 0 saturated carbocycles. The first-order valence-corrected chi connectivity index (χ1v) is 7.51. The molecule has 0 amide bonds. The summed E-state index contributed by atoms with van der Waals surface area (Å²) in [4.78, 5) is 4.75. The number of benzene rings is 1. The van der Waals surface area contributed by atoms with Crippen molar-refractivity contribution in [1.29, 1.82) is 0 Å². The lowest BCUT2D eigenvalue weighted by atomic mass is 9.94. The number of aromatic amines is 1. The van der Waals surface area contributed by atoms with Gasteiger partial charge >= 0.3 is 0 Å². The van der Waals surface area contributed by atoms with E-state index in [0.717, 1.165) is 27.9 Å². The van der Waals surface area contributed by atoms with Gasteiger partial charge in [-0.25, -0.2) is 9.50 Å². The molecule has 2 heterocycles. The Morgan fingerprint density at radius 2 is 1.82 bits per heavy atom. The van der Waals surface area contributed by atoms with E-state index in [1.807, 2.05) is 0 Å². The molecule has 3 aromatic rings. The topological polar surface area (TPSA) is 85.1 Å². The second-order valence-corrected chi connectivity index (χ2v) is 6.06. The van der Waals surface area contributed by atoms with Crippen molar-refractivity contribution in [2.24, 2.45) is 5.73 Å². The maximum atomic E-state index is 6.28. The Labute approximate surface area is 134 Å². The number of aryl methyl sites for hydroxylation is 3. The van der Waals surface area contributed by atoms with Gasteiger partial charge in [0.2, 0.25) is 0 Å². The van der Waals surface area contributed by atoms with Crippen LogP contribution in [0.15, 0.2) is 18.2 Å². The molecule has 5 nitrogen and oxygen atoms in total. The fourth-order valence-corrected chi connectivity index (χ4v) is 3.24. The summed E-state index contributed by atoms with van der Waals surface area (Å²) in [6.07, 6.45) is 0. The van der Waals surface area contributed by atoms with E-state index >= 15 is 0 Å². The number of hydrogen-bond donors (Lipinski definition) is 3. The Bertz CT molecular complexity index is 913. The van der Waals surface area contributed by atoms with Gasteiger partial charge in [0.05, 0.1) is 5.69 Å². The summed E-state index contributed by atoms with van der Waals surface area (Å²) in [6, 6.07) is 6.09. The molecule has 0 aliphatic heterocycles. The zero-order chi connectivity index (χ0) is 16.0. The molecule has 2 aromatic heterocycles. The number of rotatable bonds is 2. The first-order valence-electron chi connectivity index (χ1n) is 7.10. The third kappa shape index (κ3) is 2.20. The van der Waals surface area contributed by atoms with Gasteiger partial charge in [-0.2, -0.15) is 0 Å². The van der Waals surface area contributed by atoms with Gasteiger partial charge in [-0.15, -0.1) is 0 Å². The number of nitrogens with two attached hydrogens (primary N) is 2. The lowest BCUT2D eigenvalue weighted by Gasteiger charge is -2.16. The number of nitrogens with one attached hydrogen (secondary N) is 1. The van der Waals surface area contributed by atoms with Gasteiger partial charge in [0.15, 0.2) is 5.65 Å². The zero-order valence-electron chi connectivity index (χ0n) is 12.9. The minimum absolute atomic E-state index is 0.315. The van der Waals surface area contributed by atoms with Crippen molar-refractivity contribution in [2.75, 3.05) is 5.73 Å². The van der Waals surface area contributed by atoms with Crippen molar-refractivity contribution in [2.45, 2.75) is 27.3 Å². The highest BCUT2D eigenvalue weighted by Crippen LogP contribution is 2.32. The van der Waals surface area contributed by atoms with Crippen LogP contribution >= 0.6 is 12.2 Å². The van der Waals surface area contributed by atoms with Crippen molar-refractivity contribution < 1.29 is 0 Å². The van der Waals surface area contributed by atoms with E-state index < -0.39 is 0 Å². The average Bonchev–Trinajstić information content (AvgIpc) is 2.79. The maximum absolute atomic E-state index is 6.28. The summed E-state index contributed by atoms with van der Waals surface area (Å²) in [5, 5.41) is 3.01. The van der Waals surface area contributed by atoms with Crippen LogP contribution in [0.1, 0.15) is 22.3 Å². The predicted octanol–water partition coefficient (Wildman–Crippen LogP) is 3.03. The van der Waals surface area contributed by atoms with E-state index in [2.05, 4.69) is 38.0 Å². The number of nitrogens with zero attached hydrogens (tertiary/aromatic N) is 2. The van der Waals surface area contributed by atoms with E-state index in [1.165, 1.54) is 5.56 Å². The molecule has 6 heteroatoms. The molecule has 0 fully saturated rings.